The molecule has 0 aliphatic carbocycles. The van der Waals surface area contributed by atoms with Crippen molar-refractivity contribution in [1.82, 2.24) is 10.3 Å². The van der Waals surface area contributed by atoms with Crippen molar-refractivity contribution in [3.8, 4) is 0 Å². The first-order valence-corrected chi connectivity index (χ1v) is 5.53. The quantitative estimate of drug-likeness (QED) is 0.701. The molecule has 0 unspecified atom stereocenters. The van der Waals surface area contributed by atoms with Gasteiger partial charge in [-0.05, 0) is 26.0 Å². The van der Waals surface area contributed by atoms with E-state index >= 15 is 0 Å². The molecule has 1 aromatic heterocycles. The van der Waals surface area contributed by atoms with Crippen LogP contribution in [-0.4, -0.2) is 28.5 Å². The van der Waals surface area contributed by atoms with E-state index in [2.05, 4.69) is 10.3 Å². The fourth-order valence-electron chi connectivity index (χ4n) is 1.21. The van der Waals surface area contributed by atoms with Crippen LogP contribution in [0.2, 0.25) is 0 Å². The third-order valence-electron chi connectivity index (χ3n) is 2.62. The SMILES string of the molecule is CC(C)(CN)C(=O)NCc1cc(C(=O)O)ccn1. The fraction of sp³-hybridized carbons (Fsp3) is 0.417. The number of aromatic carboxylic acids is 1. The Morgan fingerprint density at radius 1 is 1.50 bits per heavy atom. The van der Waals surface area contributed by atoms with Gasteiger partial charge in [-0.25, -0.2) is 4.79 Å². The number of carbonyl (C=O) groups is 2. The molecule has 0 atom stereocenters. The first-order chi connectivity index (χ1) is 8.36. The molecule has 1 amide bonds. The lowest BCUT2D eigenvalue weighted by molar-refractivity contribution is -0.129. The molecule has 4 N–H and O–H groups in total. The van der Waals surface area contributed by atoms with E-state index in [0.29, 0.717) is 5.69 Å². The largest absolute Gasteiger partial charge is 0.478 e. The van der Waals surface area contributed by atoms with Gasteiger partial charge in [-0.3, -0.25) is 9.78 Å². The molecule has 0 radical (unpaired) electrons. The zero-order chi connectivity index (χ0) is 13.8. The van der Waals surface area contributed by atoms with E-state index in [4.69, 9.17) is 10.8 Å². The summed E-state index contributed by atoms with van der Waals surface area (Å²) in [4.78, 5) is 26.5. The third kappa shape index (κ3) is 3.53. The summed E-state index contributed by atoms with van der Waals surface area (Å²) in [5.74, 6) is -1.21. The lowest BCUT2D eigenvalue weighted by Gasteiger charge is -2.21. The van der Waals surface area contributed by atoms with Gasteiger partial charge >= 0.3 is 5.97 Å². The monoisotopic (exact) mass is 251 g/mol. The maximum Gasteiger partial charge on any atom is 0.335 e. The molecule has 0 aliphatic heterocycles. The molecule has 0 aromatic carbocycles. The van der Waals surface area contributed by atoms with Crippen molar-refractivity contribution in [2.45, 2.75) is 20.4 Å². The number of aromatic nitrogens is 1. The molecule has 0 bridgehead atoms. The number of amides is 1. The number of hydrogen-bond donors (Lipinski definition) is 3. The van der Waals surface area contributed by atoms with E-state index in [-0.39, 0.29) is 24.6 Å². The highest BCUT2D eigenvalue weighted by molar-refractivity contribution is 5.87. The molecule has 1 heterocycles. The maximum atomic E-state index is 11.8. The van der Waals surface area contributed by atoms with Crippen LogP contribution >= 0.6 is 0 Å². The zero-order valence-corrected chi connectivity index (χ0v) is 10.4. The van der Waals surface area contributed by atoms with Crippen LogP contribution in [0.3, 0.4) is 0 Å². The van der Waals surface area contributed by atoms with Crippen LogP contribution in [0.1, 0.15) is 29.9 Å². The molecule has 6 nitrogen and oxygen atoms in total. The molecule has 1 rings (SSSR count). The predicted molar refractivity (Wildman–Crippen MR) is 65.9 cm³/mol. The van der Waals surface area contributed by atoms with E-state index in [1.807, 2.05) is 0 Å². The van der Waals surface area contributed by atoms with E-state index in [0.717, 1.165) is 0 Å². The lowest BCUT2D eigenvalue weighted by Crippen LogP contribution is -2.41. The number of nitrogens with one attached hydrogen (secondary N) is 1. The number of hydrogen-bond acceptors (Lipinski definition) is 4. The Bertz CT molecular complexity index is 458. The summed E-state index contributed by atoms with van der Waals surface area (Å²) in [5, 5.41) is 11.5. The van der Waals surface area contributed by atoms with Crippen LogP contribution in [-0.2, 0) is 11.3 Å². The van der Waals surface area contributed by atoms with Gasteiger partial charge in [0.15, 0.2) is 0 Å². The summed E-state index contributed by atoms with van der Waals surface area (Å²) in [6.45, 7) is 3.90. The minimum absolute atomic E-state index is 0.146. The summed E-state index contributed by atoms with van der Waals surface area (Å²) in [6, 6.07) is 2.83. The van der Waals surface area contributed by atoms with Crippen LogP contribution in [0, 0.1) is 5.41 Å². The van der Waals surface area contributed by atoms with Gasteiger partial charge in [0, 0.05) is 12.7 Å². The van der Waals surface area contributed by atoms with Gasteiger partial charge in [0.2, 0.25) is 5.91 Å². The molecule has 6 heteroatoms. The third-order valence-corrected chi connectivity index (χ3v) is 2.62. The van der Waals surface area contributed by atoms with Crippen molar-refractivity contribution in [2.24, 2.45) is 11.1 Å². The Balaban J connectivity index is 2.67. The number of nitrogens with zero attached hydrogens (tertiary/aromatic N) is 1. The van der Waals surface area contributed by atoms with E-state index in [9.17, 15) is 9.59 Å². The molecule has 18 heavy (non-hydrogen) atoms. The minimum atomic E-state index is -1.02. The van der Waals surface area contributed by atoms with Crippen LogP contribution in [0.25, 0.3) is 0 Å². The van der Waals surface area contributed by atoms with E-state index in [1.54, 1.807) is 13.8 Å². The summed E-state index contributed by atoms with van der Waals surface area (Å²) >= 11 is 0. The minimum Gasteiger partial charge on any atom is -0.478 e. The lowest BCUT2D eigenvalue weighted by atomic mass is 9.93. The Kier molecular flexibility index (Phi) is 4.38. The molecule has 0 aliphatic rings. The van der Waals surface area contributed by atoms with Gasteiger partial charge in [0.25, 0.3) is 0 Å². The van der Waals surface area contributed by atoms with Crippen LogP contribution < -0.4 is 11.1 Å². The van der Waals surface area contributed by atoms with E-state index < -0.39 is 11.4 Å². The average molecular weight is 251 g/mol. The smallest absolute Gasteiger partial charge is 0.335 e. The van der Waals surface area contributed by atoms with Gasteiger partial charge in [-0.2, -0.15) is 0 Å². The zero-order valence-electron chi connectivity index (χ0n) is 10.4. The van der Waals surface area contributed by atoms with Gasteiger partial charge in [0.05, 0.1) is 23.2 Å². The number of pyridine rings is 1. The van der Waals surface area contributed by atoms with Crippen molar-refractivity contribution in [2.75, 3.05) is 6.54 Å². The molecule has 0 spiro atoms. The highest BCUT2D eigenvalue weighted by Gasteiger charge is 2.25. The summed E-state index contributed by atoms with van der Waals surface area (Å²) in [5.41, 5.74) is 5.48. The standard InChI is InChI=1S/C12H17N3O3/c1-12(2,7-13)11(18)15-6-9-5-8(10(16)17)3-4-14-9/h3-5H,6-7,13H2,1-2H3,(H,15,18)(H,16,17). The van der Waals surface area contributed by atoms with Crippen LogP contribution in [0.15, 0.2) is 18.3 Å². The van der Waals surface area contributed by atoms with Crippen molar-refractivity contribution in [3.05, 3.63) is 29.6 Å². The van der Waals surface area contributed by atoms with Crippen LogP contribution in [0.5, 0.6) is 0 Å². The first kappa shape index (κ1) is 14.1. The molecular formula is C12H17N3O3. The Labute approximate surface area is 105 Å². The predicted octanol–water partition coefficient (Wildman–Crippen LogP) is 0.381. The van der Waals surface area contributed by atoms with Crippen molar-refractivity contribution >= 4 is 11.9 Å². The first-order valence-electron chi connectivity index (χ1n) is 5.53. The molecular weight excluding hydrogens is 234 g/mol. The Morgan fingerprint density at radius 3 is 2.72 bits per heavy atom. The number of nitrogens with two attached hydrogens (primary N) is 1. The molecule has 1 aromatic rings. The number of rotatable bonds is 5. The Morgan fingerprint density at radius 2 is 2.17 bits per heavy atom. The molecule has 98 valence electrons. The Hall–Kier alpha value is -1.95. The van der Waals surface area contributed by atoms with Crippen LogP contribution in [0.4, 0.5) is 0 Å². The summed E-state index contributed by atoms with van der Waals surface area (Å²) < 4.78 is 0. The van der Waals surface area contributed by atoms with Crippen molar-refractivity contribution in [1.29, 1.82) is 0 Å². The molecule has 0 fully saturated rings. The number of carboxylic acids is 1. The van der Waals surface area contributed by atoms with Gasteiger partial charge in [-0.15, -0.1) is 0 Å². The van der Waals surface area contributed by atoms with Gasteiger partial charge < -0.3 is 16.2 Å². The maximum absolute atomic E-state index is 11.8. The second-order valence-electron chi connectivity index (χ2n) is 4.61. The fourth-order valence-corrected chi connectivity index (χ4v) is 1.21. The number of carbonyl (C=O) groups excluding carboxylic acids is 1. The van der Waals surface area contributed by atoms with Gasteiger partial charge in [0.1, 0.15) is 0 Å². The second kappa shape index (κ2) is 5.59. The van der Waals surface area contributed by atoms with Gasteiger partial charge in [-0.1, -0.05) is 0 Å². The highest BCUT2D eigenvalue weighted by Crippen LogP contribution is 2.12. The summed E-state index contributed by atoms with van der Waals surface area (Å²) in [6.07, 6.45) is 1.40. The normalized spacial score (nSPS) is 11.1. The van der Waals surface area contributed by atoms with Crippen molar-refractivity contribution < 1.29 is 14.7 Å². The average Bonchev–Trinajstić information content (AvgIpc) is 2.36. The topological polar surface area (TPSA) is 105 Å². The highest BCUT2D eigenvalue weighted by atomic mass is 16.4. The molecule has 0 saturated heterocycles. The second-order valence-corrected chi connectivity index (χ2v) is 4.61. The van der Waals surface area contributed by atoms with E-state index in [1.165, 1.54) is 18.3 Å². The van der Waals surface area contributed by atoms with Crippen molar-refractivity contribution in [3.63, 3.8) is 0 Å². The summed E-state index contributed by atoms with van der Waals surface area (Å²) in [7, 11) is 0. The number of carboxylic acid groups (broad SMARTS) is 1. The molecule has 0 saturated carbocycles.